The Morgan fingerprint density at radius 3 is 2.33 bits per heavy atom. The predicted molar refractivity (Wildman–Crippen MR) is 170 cm³/mol. The number of hydrogen-bond acceptors (Lipinski definition) is 9. The van der Waals surface area contributed by atoms with E-state index in [4.69, 9.17) is 23.9 Å². The number of carbonyl (C=O) groups is 1. The van der Waals surface area contributed by atoms with Crippen molar-refractivity contribution in [2.75, 3.05) is 64.0 Å². The number of fused-ring (bicyclic) bond motifs is 1. The van der Waals surface area contributed by atoms with E-state index in [1.54, 1.807) is 4.90 Å². The summed E-state index contributed by atoms with van der Waals surface area (Å²) in [7, 11) is 0. The minimum absolute atomic E-state index is 0.00754. The van der Waals surface area contributed by atoms with Crippen LogP contribution in [0.15, 0.2) is 10.5 Å². The highest BCUT2D eigenvalue weighted by molar-refractivity contribution is 9.10. The van der Waals surface area contributed by atoms with E-state index in [9.17, 15) is 18.0 Å². The summed E-state index contributed by atoms with van der Waals surface area (Å²) in [5.74, 6) is 0.668. The van der Waals surface area contributed by atoms with Crippen molar-refractivity contribution < 1.29 is 36.9 Å². The van der Waals surface area contributed by atoms with Crippen molar-refractivity contribution in [1.82, 2.24) is 19.8 Å². The van der Waals surface area contributed by atoms with Crippen molar-refractivity contribution in [2.24, 2.45) is 5.41 Å². The first-order valence-electron chi connectivity index (χ1n) is 16.2. The van der Waals surface area contributed by atoms with Gasteiger partial charge in [-0.25, -0.2) is 4.79 Å². The van der Waals surface area contributed by atoms with Crippen molar-refractivity contribution in [3.05, 3.63) is 16.1 Å². The van der Waals surface area contributed by atoms with E-state index < -0.39 is 18.4 Å². The van der Waals surface area contributed by atoms with Crippen LogP contribution in [0.2, 0.25) is 0 Å². The first-order chi connectivity index (χ1) is 21.7. The molecule has 1 amide bonds. The maximum atomic E-state index is 13.4. The molecule has 0 N–H and O–H groups in total. The second-order valence-electron chi connectivity index (χ2n) is 14.0. The molecule has 254 valence electrons. The summed E-state index contributed by atoms with van der Waals surface area (Å²) >= 11 is 3.51. The maximum Gasteiger partial charge on any atom is 0.422 e. The standard InChI is InChI=1S/C32H43BrF3N5O5/c1-5-20-14-23-25(26(24(20)33)44-19-32(34,35)36)37-28(45-22-6-10-39(11-7-22)21-15-43-16-21)38-27(23)40-12-8-31(9-13-40)17-41(18-31)29(42)46-30(2,3)4/h14,21-22H,5-13,15-19H2,1-4H3. The molecule has 46 heavy (non-hydrogen) atoms. The van der Waals surface area contributed by atoms with Crippen LogP contribution in [-0.2, 0) is 15.9 Å². The van der Waals surface area contributed by atoms with E-state index in [-0.39, 0.29) is 34.9 Å². The smallest absolute Gasteiger partial charge is 0.422 e. The molecule has 0 bridgehead atoms. The summed E-state index contributed by atoms with van der Waals surface area (Å²) in [6.07, 6.45) is -1.07. The van der Waals surface area contributed by atoms with E-state index in [2.05, 4.69) is 30.7 Å². The molecule has 2 aromatic rings. The number of piperidine rings is 2. The molecule has 0 aliphatic carbocycles. The third-order valence-corrected chi connectivity index (χ3v) is 10.3. The Morgan fingerprint density at radius 1 is 1.09 bits per heavy atom. The zero-order valence-corrected chi connectivity index (χ0v) is 28.5. The molecule has 4 fully saturated rings. The van der Waals surface area contributed by atoms with Crippen LogP contribution >= 0.6 is 15.9 Å². The molecule has 0 saturated carbocycles. The van der Waals surface area contributed by atoms with E-state index >= 15 is 0 Å². The number of rotatable bonds is 7. The highest BCUT2D eigenvalue weighted by Crippen LogP contribution is 2.45. The Kier molecular flexibility index (Phi) is 9.27. The van der Waals surface area contributed by atoms with Crippen molar-refractivity contribution in [2.45, 2.75) is 83.7 Å². The average Bonchev–Trinajstić information content (AvgIpc) is 2.93. The van der Waals surface area contributed by atoms with Gasteiger partial charge in [0, 0.05) is 50.1 Å². The van der Waals surface area contributed by atoms with E-state index in [0.29, 0.717) is 54.3 Å². The highest BCUT2D eigenvalue weighted by Gasteiger charge is 2.48. The first kappa shape index (κ1) is 33.3. The molecule has 4 aliphatic rings. The van der Waals surface area contributed by atoms with E-state index in [0.717, 1.165) is 57.6 Å². The number of halogens is 4. The van der Waals surface area contributed by atoms with Gasteiger partial charge in [0.2, 0.25) is 0 Å². The van der Waals surface area contributed by atoms with Gasteiger partial charge in [0.25, 0.3) is 0 Å². The Hall–Kier alpha value is -2.58. The zero-order valence-electron chi connectivity index (χ0n) is 26.9. The largest absolute Gasteiger partial charge is 0.481 e. The average molecular weight is 715 g/mol. The van der Waals surface area contributed by atoms with Crippen molar-refractivity contribution in [3.63, 3.8) is 0 Å². The normalized spacial score (nSPS) is 21.3. The van der Waals surface area contributed by atoms with Crippen LogP contribution < -0.4 is 14.4 Å². The summed E-state index contributed by atoms with van der Waals surface area (Å²) in [5, 5.41) is 0.629. The van der Waals surface area contributed by atoms with Crippen LogP contribution in [0.4, 0.5) is 23.8 Å². The lowest BCUT2D eigenvalue weighted by Crippen LogP contribution is -2.62. The van der Waals surface area contributed by atoms with Gasteiger partial charge in [-0.3, -0.25) is 4.90 Å². The van der Waals surface area contributed by atoms with Gasteiger partial charge in [0.05, 0.1) is 23.7 Å². The van der Waals surface area contributed by atoms with Gasteiger partial charge in [0.1, 0.15) is 23.0 Å². The fourth-order valence-corrected chi connectivity index (χ4v) is 7.43. The second kappa shape index (κ2) is 12.8. The molecule has 10 nitrogen and oxygen atoms in total. The predicted octanol–water partition coefficient (Wildman–Crippen LogP) is 5.98. The van der Waals surface area contributed by atoms with Crippen molar-refractivity contribution >= 4 is 38.7 Å². The summed E-state index contributed by atoms with van der Waals surface area (Å²) in [5.41, 5.74) is 0.552. The molecule has 0 atom stereocenters. The molecule has 4 aliphatic heterocycles. The number of hydrogen-bond donors (Lipinski definition) is 0. The molecular weight excluding hydrogens is 671 g/mol. The van der Waals surface area contributed by atoms with Gasteiger partial charge in [0.15, 0.2) is 12.4 Å². The first-order valence-corrected chi connectivity index (χ1v) is 17.0. The van der Waals surface area contributed by atoms with Crippen LogP contribution in [-0.4, -0.2) is 109 Å². The van der Waals surface area contributed by atoms with E-state index in [1.807, 2.05) is 33.8 Å². The van der Waals surface area contributed by atoms with Crippen LogP contribution in [0.25, 0.3) is 10.9 Å². The van der Waals surface area contributed by atoms with E-state index in [1.165, 1.54) is 0 Å². The van der Waals surface area contributed by atoms with Gasteiger partial charge < -0.3 is 28.7 Å². The molecule has 6 rings (SSSR count). The Balaban J connectivity index is 1.26. The van der Waals surface area contributed by atoms with Crippen LogP contribution in [0.1, 0.15) is 58.9 Å². The third kappa shape index (κ3) is 7.28. The summed E-state index contributed by atoms with van der Waals surface area (Å²) < 4.78 is 63.2. The Bertz CT molecular complexity index is 1430. The lowest BCUT2D eigenvalue weighted by molar-refractivity contribution is -0.153. The number of amides is 1. The number of aromatic nitrogens is 2. The zero-order chi connectivity index (χ0) is 32.9. The van der Waals surface area contributed by atoms with Gasteiger partial charge >= 0.3 is 18.3 Å². The molecule has 5 heterocycles. The topological polar surface area (TPSA) is 89.5 Å². The number of likely N-dealkylation sites (tertiary alicyclic amines) is 2. The van der Waals surface area contributed by atoms with Crippen LogP contribution in [0, 0.1) is 5.41 Å². The molecule has 14 heteroatoms. The quantitative estimate of drug-likeness (QED) is 0.344. The summed E-state index contributed by atoms with van der Waals surface area (Å²) in [6, 6.07) is 2.54. The van der Waals surface area contributed by atoms with Crippen LogP contribution in [0.3, 0.4) is 0 Å². The number of ether oxygens (including phenoxy) is 4. The number of benzene rings is 1. The number of anilines is 1. The monoisotopic (exact) mass is 713 g/mol. The van der Waals surface area contributed by atoms with Crippen molar-refractivity contribution in [1.29, 1.82) is 0 Å². The molecule has 0 radical (unpaired) electrons. The fraction of sp³-hybridized carbons (Fsp3) is 0.719. The highest BCUT2D eigenvalue weighted by atomic mass is 79.9. The summed E-state index contributed by atoms with van der Waals surface area (Å²) in [4.78, 5) is 28.5. The molecule has 0 unspecified atom stereocenters. The molecule has 4 saturated heterocycles. The number of carbonyl (C=O) groups excluding carboxylic acids is 1. The maximum absolute atomic E-state index is 13.4. The van der Waals surface area contributed by atoms with Gasteiger partial charge in [-0.1, -0.05) is 6.92 Å². The van der Waals surface area contributed by atoms with Gasteiger partial charge in [-0.2, -0.15) is 23.1 Å². The van der Waals surface area contributed by atoms with Crippen LogP contribution in [0.5, 0.6) is 11.8 Å². The lowest BCUT2D eigenvalue weighted by atomic mass is 9.72. The molecule has 1 aromatic heterocycles. The number of alkyl halides is 3. The van der Waals surface area contributed by atoms with Gasteiger partial charge in [-0.05, 0) is 80.4 Å². The number of nitrogens with zero attached hydrogens (tertiary/aromatic N) is 5. The fourth-order valence-electron chi connectivity index (χ4n) is 6.74. The minimum atomic E-state index is -4.51. The Morgan fingerprint density at radius 2 is 1.76 bits per heavy atom. The minimum Gasteiger partial charge on any atom is -0.481 e. The third-order valence-electron chi connectivity index (χ3n) is 9.39. The molecular formula is C32H43BrF3N5O5. The Labute approximate surface area is 276 Å². The second-order valence-corrected chi connectivity index (χ2v) is 14.8. The van der Waals surface area contributed by atoms with Gasteiger partial charge in [-0.15, -0.1) is 0 Å². The van der Waals surface area contributed by atoms with Crippen molar-refractivity contribution in [3.8, 4) is 11.8 Å². The molecule has 1 spiro atoms. The summed E-state index contributed by atoms with van der Waals surface area (Å²) in [6.45, 7) is 12.0. The number of aryl methyl sites for hydroxylation is 1. The lowest BCUT2D eigenvalue weighted by Gasteiger charge is -2.53. The SMILES string of the molecule is CCc1cc2c(N3CCC4(CC3)CN(C(=O)OC(C)(C)C)C4)nc(OC3CCN(C4COC4)CC3)nc2c(OCC(F)(F)F)c1Br. The molecule has 1 aromatic carbocycles.